The molecule has 1 saturated carbocycles. The van der Waals surface area contributed by atoms with Crippen molar-refractivity contribution in [2.75, 3.05) is 6.54 Å². The molecule has 1 saturated heterocycles. The number of carbonyl (C=O) groups is 1. The van der Waals surface area contributed by atoms with E-state index in [0.717, 1.165) is 25.7 Å². The fourth-order valence-electron chi connectivity index (χ4n) is 2.57. The van der Waals surface area contributed by atoms with Crippen LogP contribution in [0, 0.1) is 5.92 Å². The molecule has 0 spiro atoms. The van der Waals surface area contributed by atoms with E-state index in [0.29, 0.717) is 6.54 Å². The first-order valence-corrected chi connectivity index (χ1v) is 6.54. The van der Waals surface area contributed by atoms with E-state index in [-0.39, 0.29) is 18.1 Å². The Kier molecular flexibility index (Phi) is 3.32. The molecule has 17 heavy (non-hydrogen) atoms. The summed E-state index contributed by atoms with van der Waals surface area (Å²) in [5, 5.41) is 0. The van der Waals surface area contributed by atoms with Crippen molar-refractivity contribution in [3.8, 4) is 0 Å². The summed E-state index contributed by atoms with van der Waals surface area (Å²) in [7, 11) is 0. The van der Waals surface area contributed by atoms with Gasteiger partial charge in [-0.1, -0.05) is 12.8 Å². The Bertz CT molecular complexity index is 300. The van der Waals surface area contributed by atoms with Crippen molar-refractivity contribution in [3.63, 3.8) is 0 Å². The van der Waals surface area contributed by atoms with Gasteiger partial charge < -0.3 is 9.64 Å². The van der Waals surface area contributed by atoms with E-state index in [1.54, 1.807) is 4.90 Å². The predicted molar refractivity (Wildman–Crippen MR) is 63.6 cm³/mol. The molecule has 98 valence electrons. The zero-order chi connectivity index (χ0) is 12.6. The summed E-state index contributed by atoms with van der Waals surface area (Å²) in [6, 6.07) is -0.217. The zero-order valence-electron chi connectivity index (χ0n) is 10.9. The van der Waals surface area contributed by atoms with Gasteiger partial charge in [-0.2, -0.15) is 0 Å². The Morgan fingerprint density at radius 1 is 1.29 bits per heavy atom. The van der Waals surface area contributed by atoms with Crippen molar-refractivity contribution in [2.45, 2.75) is 64.3 Å². The minimum Gasteiger partial charge on any atom is -0.444 e. The van der Waals surface area contributed by atoms with E-state index in [1.807, 2.05) is 20.8 Å². The zero-order valence-corrected chi connectivity index (χ0v) is 10.9. The van der Waals surface area contributed by atoms with Gasteiger partial charge in [0.05, 0.1) is 6.04 Å². The molecule has 2 rings (SSSR count). The van der Waals surface area contributed by atoms with Crippen LogP contribution in [-0.2, 0) is 4.74 Å². The van der Waals surface area contributed by atoms with Crippen LogP contribution in [-0.4, -0.2) is 35.4 Å². The third-order valence-electron chi connectivity index (χ3n) is 3.46. The van der Waals surface area contributed by atoms with Crippen LogP contribution in [0.1, 0.15) is 46.5 Å². The molecule has 0 N–H and O–H groups in total. The van der Waals surface area contributed by atoms with Crippen molar-refractivity contribution in [1.29, 1.82) is 0 Å². The molecule has 0 aromatic carbocycles. The molecule has 4 heteroatoms. The van der Waals surface area contributed by atoms with Crippen LogP contribution in [0.5, 0.6) is 0 Å². The quantitative estimate of drug-likeness (QED) is 0.654. The van der Waals surface area contributed by atoms with Crippen molar-refractivity contribution in [1.82, 2.24) is 4.90 Å². The fraction of sp³-hybridized carbons (Fsp3) is 0.923. The third kappa shape index (κ3) is 2.90. The van der Waals surface area contributed by atoms with Crippen molar-refractivity contribution < 1.29 is 13.9 Å². The van der Waals surface area contributed by atoms with Crippen LogP contribution in [0.15, 0.2) is 0 Å². The van der Waals surface area contributed by atoms with Gasteiger partial charge in [-0.05, 0) is 33.6 Å². The monoisotopic (exact) mass is 243 g/mol. The van der Waals surface area contributed by atoms with Crippen molar-refractivity contribution in [3.05, 3.63) is 0 Å². The van der Waals surface area contributed by atoms with Gasteiger partial charge in [0.15, 0.2) is 0 Å². The average Bonchev–Trinajstić information content (AvgIpc) is 2.71. The Morgan fingerprint density at radius 3 is 2.65 bits per heavy atom. The summed E-state index contributed by atoms with van der Waals surface area (Å²) in [5.41, 5.74) is -0.504. The lowest BCUT2D eigenvalue weighted by molar-refractivity contribution is 0.0201. The van der Waals surface area contributed by atoms with Crippen molar-refractivity contribution in [2.24, 2.45) is 5.92 Å². The molecule has 3 atom stereocenters. The Hall–Kier alpha value is -0.800. The molecule has 1 amide bonds. The topological polar surface area (TPSA) is 29.5 Å². The number of alkyl halides is 1. The van der Waals surface area contributed by atoms with Crippen molar-refractivity contribution >= 4 is 6.09 Å². The van der Waals surface area contributed by atoms with Gasteiger partial charge in [0, 0.05) is 12.5 Å². The Balaban J connectivity index is 2.00. The SMILES string of the molecule is CC(C)(C)OC(=O)N1CCCCCC2C(F)C21. The number of nitrogens with zero attached hydrogens (tertiary/aromatic N) is 1. The van der Waals surface area contributed by atoms with Crippen LogP contribution in [0.3, 0.4) is 0 Å². The van der Waals surface area contributed by atoms with Gasteiger partial charge in [-0.15, -0.1) is 0 Å². The maximum atomic E-state index is 13.6. The van der Waals surface area contributed by atoms with E-state index in [4.69, 9.17) is 4.74 Å². The van der Waals surface area contributed by atoms with Gasteiger partial charge in [-0.3, -0.25) is 0 Å². The molecule has 1 heterocycles. The molecular weight excluding hydrogens is 221 g/mol. The normalized spacial score (nSPS) is 33.4. The Labute approximate surface area is 102 Å². The second kappa shape index (κ2) is 4.46. The van der Waals surface area contributed by atoms with Crippen LogP contribution >= 0.6 is 0 Å². The molecule has 0 radical (unpaired) electrons. The largest absolute Gasteiger partial charge is 0.444 e. The summed E-state index contributed by atoms with van der Waals surface area (Å²) in [6.45, 7) is 6.15. The molecule has 1 aliphatic carbocycles. The van der Waals surface area contributed by atoms with E-state index < -0.39 is 11.8 Å². The van der Waals surface area contributed by atoms with E-state index in [9.17, 15) is 9.18 Å². The highest BCUT2D eigenvalue weighted by molar-refractivity contribution is 5.69. The number of likely N-dealkylation sites (tertiary alicyclic amines) is 1. The smallest absolute Gasteiger partial charge is 0.410 e. The highest BCUT2D eigenvalue weighted by Crippen LogP contribution is 2.44. The van der Waals surface area contributed by atoms with Crippen LogP contribution in [0.4, 0.5) is 9.18 Å². The first kappa shape index (κ1) is 12.7. The van der Waals surface area contributed by atoms with E-state index >= 15 is 0 Å². The number of halogens is 1. The van der Waals surface area contributed by atoms with Gasteiger partial charge in [0.1, 0.15) is 11.8 Å². The number of hydrogen-bond donors (Lipinski definition) is 0. The van der Waals surface area contributed by atoms with Gasteiger partial charge >= 0.3 is 6.09 Å². The van der Waals surface area contributed by atoms with Crippen LogP contribution in [0.25, 0.3) is 0 Å². The van der Waals surface area contributed by atoms with E-state index in [2.05, 4.69) is 0 Å². The highest BCUT2D eigenvalue weighted by atomic mass is 19.1. The lowest BCUT2D eigenvalue weighted by atomic mass is 10.1. The molecule has 3 nitrogen and oxygen atoms in total. The minimum atomic E-state index is -0.833. The number of amides is 1. The molecule has 2 fully saturated rings. The highest BCUT2D eigenvalue weighted by Gasteiger charge is 2.56. The number of ether oxygens (including phenoxy) is 1. The first-order valence-electron chi connectivity index (χ1n) is 6.54. The van der Waals surface area contributed by atoms with Crippen LogP contribution < -0.4 is 0 Å². The van der Waals surface area contributed by atoms with Gasteiger partial charge in [0.2, 0.25) is 0 Å². The summed E-state index contributed by atoms with van der Waals surface area (Å²) < 4.78 is 19.0. The molecular formula is C13H22FNO2. The summed E-state index contributed by atoms with van der Waals surface area (Å²) in [4.78, 5) is 13.6. The molecule has 0 aromatic heterocycles. The maximum absolute atomic E-state index is 13.6. The standard InChI is InChI=1S/C13H22FNO2/c1-13(2,3)17-12(16)15-8-6-4-5-7-9-10(14)11(9)15/h9-11H,4-8H2,1-3H3. The molecule has 0 bridgehead atoms. The lowest BCUT2D eigenvalue weighted by Crippen LogP contribution is -2.40. The van der Waals surface area contributed by atoms with Crippen LogP contribution in [0.2, 0.25) is 0 Å². The fourth-order valence-corrected chi connectivity index (χ4v) is 2.57. The summed E-state index contributed by atoms with van der Waals surface area (Å²) in [6.07, 6.45) is 2.84. The van der Waals surface area contributed by atoms with E-state index in [1.165, 1.54) is 0 Å². The first-order chi connectivity index (χ1) is 7.90. The number of fused-ring (bicyclic) bond motifs is 1. The van der Waals surface area contributed by atoms with Gasteiger partial charge in [0.25, 0.3) is 0 Å². The molecule has 0 aromatic rings. The third-order valence-corrected chi connectivity index (χ3v) is 3.46. The van der Waals surface area contributed by atoms with Gasteiger partial charge in [-0.25, -0.2) is 9.18 Å². The molecule has 2 aliphatic rings. The molecule has 1 aliphatic heterocycles. The second-order valence-corrected chi connectivity index (χ2v) is 6.12. The number of carbonyl (C=O) groups excluding carboxylic acids is 1. The summed E-state index contributed by atoms with van der Waals surface area (Å²) >= 11 is 0. The predicted octanol–water partition coefficient (Wildman–Crippen LogP) is 3.13. The number of hydrogen-bond acceptors (Lipinski definition) is 2. The average molecular weight is 243 g/mol. The number of rotatable bonds is 0. The lowest BCUT2D eigenvalue weighted by Gasteiger charge is -2.28. The Morgan fingerprint density at radius 2 is 2.00 bits per heavy atom. The summed E-state index contributed by atoms with van der Waals surface area (Å²) in [5.74, 6) is 0.0582. The second-order valence-electron chi connectivity index (χ2n) is 6.12. The minimum absolute atomic E-state index is 0.0582. The molecule has 3 unspecified atom stereocenters. The maximum Gasteiger partial charge on any atom is 0.410 e.